The lowest BCUT2D eigenvalue weighted by molar-refractivity contribution is 0.0634. The Morgan fingerprint density at radius 2 is 2.23 bits per heavy atom. The minimum Gasteiger partial charge on any atom is -0.361 e. The van der Waals surface area contributed by atoms with Gasteiger partial charge in [-0.1, -0.05) is 11.2 Å². The quantitative estimate of drug-likeness (QED) is 0.811. The van der Waals surface area contributed by atoms with Crippen molar-refractivity contribution in [3.05, 3.63) is 47.6 Å². The summed E-state index contributed by atoms with van der Waals surface area (Å²) in [5.41, 5.74) is 0.925. The molecule has 3 rings (SSSR count). The van der Waals surface area contributed by atoms with Crippen LogP contribution in [0.5, 0.6) is 0 Å². The second kappa shape index (κ2) is 6.09. The molecule has 114 valence electrons. The van der Waals surface area contributed by atoms with Crippen LogP contribution < -0.4 is 0 Å². The number of likely N-dealkylation sites (tertiary alicyclic amines) is 1. The van der Waals surface area contributed by atoms with Crippen molar-refractivity contribution in [1.82, 2.24) is 15.0 Å². The maximum Gasteiger partial charge on any atom is 0.259 e. The van der Waals surface area contributed by atoms with E-state index in [1.165, 1.54) is 6.20 Å². The molecule has 0 aromatic carbocycles. The van der Waals surface area contributed by atoms with Gasteiger partial charge in [0.1, 0.15) is 17.0 Å². The maximum atomic E-state index is 12.5. The van der Waals surface area contributed by atoms with Crippen LogP contribution in [0, 0.1) is 12.8 Å². The molecule has 2 aromatic heterocycles. The van der Waals surface area contributed by atoms with E-state index in [2.05, 4.69) is 10.1 Å². The topological polar surface area (TPSA) is 76.3 Å². The van der Waals surface area contributed by atoms with Crippen molar-refractivity contribution >= 4 is 11.7 Å². The zero-order valence-electron chi connectivity index (χ0n) is 12.4. The van der Waals surface area contributed by atoms with Crippen LogP contribution in [0.4, 0.5) is 0 Å². The molecule has 0 bridgehead atoms. The normalized spacial score (nSPS) is 18.2. The van der Waals surface area contributed by atoms with Crippen LogP contribution in [-0.2, 0) is 0 Å². The first-order chi connectivity index (χ1) is 10.7. The number of pyridine rings is 1. The lowest BCUT2D eigenvalue weighted by atomic mass is 9.91. The summed E-state index contributed by atoms with van der Waals surface area (Å²) in [5, 5.41) is 3.64. The molecular formula is C16H17N3O3. The smallest absolute Gasteiger partial charge is 0.259 e. The Bertz CT molecular complexity index is 681. The maximum absolute atomic E-state index is 12.5. The Kier molecular flexibility index (Phi) is 4.00. The van der Waals surface area contributed by atoms with Crippen LogP contribution >= 0.6 is 0 Å². The zero-order chi connectivity index (χ0) is 15.5. The van der Waals surface area contributed by atoms with Crippen molar-refractivity contribution in [3.63, 3.8) is 0 Å². The number of carbonyl (C=O) groups excluding carboxylic acids is 2. The van der Waals surface area contributed by atoms with Gasteiger partial charge in [-0.2, -0.15) is 0 Å². The van der Waals surface area contributed by atoms with E-state index in [0.29, 0.717) is 30.1 Å². The molecule has 1 atom stereocenters. The molecule has 6 heteroatoms. The number of nitrogens with zero attached hydrogens (tertiary/aromatic N) is 3. The highest BCUT2D eigenvalue weighted by Gasteiger charge is 2.31. The van der Waals surface area contributed by atoms with E-state index in [1.54, 1.807) is 36.2 Å². The molecule has 0 unspecified atom stereocenters. The number of carbonyl (C=O) groups is 2. The molecule has 0 saturated carbocycles. The number of piperidine rings is 1. The predicted molar refractivity (Wildman–Crippen MR) is 78.4 cm³/mol. The Morgan fingerprint density at radius 3 is 2.91 bits per heavy atom. The number of amides is 1. The lowest BCUT2D eigenvalue weighted by Gasteiger charge is -2.31. The molecule has 1 aliphatic rings. The third kappa shape index (κ3) is 2.77. The number of hydrogen-bond acceptors (Lipinski definition) is 5. The summed E-state index contributed by atoms with van der Waals surface area (Å²) in [6.45, 7) is 2.77. The molecule has 22 heavy (non-hydrogen) atoms. The molecule has 1 amide bonds. The van der Waals surface area contributed by atoms with Crippen molar-refractivity contribution in [2.45, 2.75) is 19.8 Å². The van der Waals surface area contributed by atoms with Gasteiger partial charge in [-0.05, 0) is 31.9 Å². The minimum absolute atomic E-state index is 0.000130. The van der Waals surface area contributed by atoms with E-state index in [-0.39, 0.29) is 17.6 Å². The molecule has 1 saturated heterocycles. The van der Waals surface area contributed by atoms with Gasteiger partial charge in [0, 0.05) is 25.2 Å². The molecule has 0 N–H and O–H groups in total. The third-order valence-electron chi connectivity index (χ3n) is 3.98. The fraction of sp³-hybridized carbons (Fsp3) is 0.375. The van der Waals surface area contributed by atoms with Crippen LogP contribution in [0.25, 0.3) is 0 Å². The van der Waals surface area contributed by atoms with Crippen LogP contribution in [0.3, 0.4) is 0 Å². The molecule has 0 spiro atoms. The van der Waals surface area contributed by atoms with Crippen LogP contribution in [0.1, 0.15) is 39.4 Å². The minimum atomic E-state index is -0.201. The van der Waals surface area contributed by atoms with Crippen molar-refractivity contribution in [1.29, 1.82) is 0 Å². The number of rotatable bonds is 3. The van der Waals surface area contributed by atoms with E-state index >= 15 is 0 Å². The van der Waals surface area contributed by atoms with E-state index in [9.17, 15) is 9.59 Å². The van der Waals surface area contributed by atoms with Gasteiger partial charge >= 0.3 is 0 Å². The van der Waals surface area contributed by atoms with E-state index in [4.69, 9.17) is 4.52 Å². The van der Waals surface area contributed by atoms with E-state index in [1.807, 2.05) is 0 Å². The largest absolute Gasteiger partial charge is 0.361 e. The van der Waals surface area contributed by atoms with Gasteiger partial charge in [0.05, 0.1) is 6.20 Å². The first-order valence-electron chi connectivity index (χ1n) is 7.32. The monoisotopic (exact) mass is 299 g/mol. The average molecular weight is 299 g/mol. The summed E-state index contributed by atoms with van der Waals surface area (Å²) in [6.07, 6.45) is 4.63. The Labute approximate surface area is 128 Å². The first-order valence-corrected chi connectivity index (χ1v) is 7.32. The van der Waals surface area contributed by atoms with Gasteiger partial charge in [-0.3, -0.25) is 14.6 Å². The summed E-state index contributed by atoms with van der Waals surface area (Å²) in [4.78, 5) is 30.8. The van der Waals surface area contributed by atoms with Gasteiger partial charge in [-0.15, -0.1) is 0 Å². The van der Waals surface area contributed by atoms with Crippen LogP contribution in [0.2, 0.25) is 0 Å². The number of hydrogen-bond donors (Lipinski definition) is 0. The lowest BCUT2D eigenvalue weighted by Crippen LogP contribution is -2.42. The summed E-state index contributed by atoms with van der Waals surface area (Å²) >= 11 is 0. The SMILES string of the molecule is Cc1oncc1C(=O)N1CCC[C@H](C(=O)c2ccccn2)C1. The molecule has 1 fully saturated rings. The number of Topliss-reactive ketones (excluding diaryl/α,β-unsaturated/α-hetero) is 1. The number of aromatic nitrogens is 2. The van der Waals surface area contributed by atoms with E-state index < -0.39 is 0 Å². The fourth-order valence-electron chi connectivity index (χ4n) is 2.77. The fourth-order valence-corrected chi connectivity index (χ4v) is 2.77. The predicted octanol–water partition coefficient (Wildman–Crippen LogP) is 2.11. The van der Waals surface area contributed by atoms with Crippen molar-refractivity contribution in [3.8, 4) is 0 Å². The highest BCUT2D eigenvalue weighted by molar-refractivity contribution is 5.98. The third-order valence-corrected chi connectivity index (χ3v) is 3.98. The molecule has 3 heterocycles. The zero-order valence-corrected chi connectivity index (χ0v) is 12.4. The Hall–Kier alpha value is -2.50. The summed E-state index contributed by atoms with van der Waals surface area (Å²) in [7, 11) is 0. The van der Waals surface area contributed by atoms with Gasteiger partial charge < -0.3 is 9.42 Å². The van der Waals surface area contributed by atoms with Gasteiger partial charge in [0.2, 0.25) is 0 Å². The molecular weight excluding hydrogens is 282 g/mol. The summed E-state index contributed by atoms with van der Waals surface area (Å²) in [6, 6.07) is 5.29. The second-order valence-electron chi connectivity index (χ2n) is 5.47. The summed E-state index contributed by atoms with van der Waals surface area (Å²) in [5.74, 6) is 0.174. The van der Waals surface area contributed by atoms with Gasteiger partial charge in [0.15, 0.2) is 5.78 Å². The van der Waals surface area contributed by atoms with Crippen molar-refractivity contribution in [2.24, 2.45) is 5.92 Å². The number of aryl methyl sites for hydroxylation is 1. The second-order valence-corrected chi connectivity index (χ2v) is 5.47. The van der Waals surface area contributed by atoms with Crippen molar-refractivity contribution in [2.75, 3.05) is 13.1 Å². The van der Waals surface area contributed by atoms with Crippen LogP contribution in [0.15, 0.2) is 35.1 Å². The average Bonchev–Trinajstić information content (AvgIpc) is 3.00. The Balaban J connectivity index is 1.73. The molecule has 2 aromatic rings. The molecule has 1 aliphatic heterocycles. The number of ketones is 1. The molecule has 0 radical (unpaired) electrons. The highest BCUT2D eigenvalue weighted by atomic mass is 16.5. The van der Waals surface area contributed by atoms with Gasteiger partial charge in [0.25, 0.3) is 5.91 Å². The molecule has 0 aliphatic carbocycles. The molecule has 6 nitrogen and oxygen atoms in total. The van der Waals surface area contributed by atoms with Gasteiger partial charge in [-0.25, -0.2) is 0 Å². The standard InChI is InChI=1S/C16H17N3O3/c1-11-13(9-18-22-11)16(21)19-8-4-5-12(10-19)15(20)14-6-2-3-7-17-14/h2-3,6-7,9,12H,4-5,8,10H2,1H3/t12-/m0/s1. The van der Waals surface area contributed by atoms with Crippen LogP contribution in [-0.4, -0.2) is 39.8 Å². The van der Waals surface area contributed by atoms with Crippen molar-refractivity contribution < 1.29 is 14.1 Å². The summed E-state index contributed by atoms with van der Waals surface area (Å²) < 4.78 is 4.95. The highest BCUT2D eigenvalue weighted by Crippen LogP contribution is 2.22. The van der Waals surface area contributed by atoms with E-state index in [0.717, 1.165) is 12.8 Å². The Morgan fingerprint density at radius 1 is 1.36 bits per heavy atom. The first kappa shape index (κ1) is 14.4.